The third kappa shape index (κ3) is 4.27. The number of H-pyrrole nitrogens is 1. The number of rotatable bonds is 7. The van der Waals surface area contributed by atoms with Gasteiger partial charge in [-0.3, -0.25) is 15.1 Å². The average Bonchev–Trinajstić information content (AvgIpc) is 3.52. The minimum Gasteiger partial charge on any atom is -0.487 e. The summed E-state index contributed by atoms with van der Waals surface area (Å²) in [5, 5.41) is 17.2. The van der Waals surface area contributed by atoms with E-state index >= 15 is 4.39 Å². The van der Waals surface area contributed by atoms with Gasteiger partial charge in [0.1, 0.15) is 5.82 Å². The van der Waals surface area contributed by atoms with Crippen molar-refractivity contribution >= 4 is 16.8 Å². The second kappa shape index (κ2) is 8.94. The Labute approximate surface area is 198 Å². The molecule has 2 N–H and O–H groups in total. The van der Waals surface area contributed by atoms with E-state index < -0.39 is 24.2 Å². The van der Waals surface area contributed by atoms with Gasteiger partial charge >= 0.3 is 0 Å². The highest BCUT2D eigenvalue weighted by atomic mass is 19.1. The summed E-state index contributed by atoms with van der Waals surface area (Å²) in [6.07, 6.45) is 4.06. The van der Waals surface area contributed by atoms with Gasteiger partial charge in [-0.15, -0.1) is 0 Å². The first kappa shape index (κ1) is 22.7. The Morgan fingerprint density at radius 3 is 2.80 bits per heavy atom. The lowest BCUT2D eigenvalue weighted by atomic mass is 10.0. The molecule has 0 bridgehead atoms. The van der Waals surface area contributed by atoms with E-state index in [4.69, 9.17) is 4.74 Å². The number of carbonyl (C=O) groups excluding carboxylic acids is 1. The highest BCUT2D eigenvalue weighted by molar-refractivity contribution is 5.96. The van der Waals surface area contributed by atoms with Gasteiger partial charge in [-0.2, -0.15) is 5.10 Å². The molecule has 7 nitrogen and oxygen atoms in total. The van der Waals surface area contributed by atoms with Crippen molar-refractivity contribution in [2.45, 2.75) is 32.2 Å². The summed E-state index contributed by atoms with van der Waals surface area (Å²) in [5.41, 5.74) is 1.53. The van der Waals surface area contributed by atoms with E-state index in [9.17, 15) is 18.8 Å². The Hall–Kier alpha value is -4.08. The molecule has 0 atom stereocenters. The van der Waals surface area contributed by atoms with E-state index in [2.05, 4.69) is 10.2 Å². The smallest absolute Gasteiger partial charge is 0.275 e. The maximum absolute atomic E-state index is 15.7. The van der Waals surface area contributed by atoms with Crippen molar-refractivity contribution < 1.29 is 32.6 Å². The third-order valence-electron chi connectivity index (χ3n) is 5.98. The van der Waals surface area contributed by atoms with Gasteiger partial charge in [0, 0.05) is 17.3 Å². The summed E-state index contributed by atoms with van der Waals surface area (Å²) >= 11 is 0. The summed E-state index contributed by atoms with van der Waals surface area (Å²) in [6, 6.07) is 8.63. The van der Waals surface area contributed by atoms with Crippen molar-refractivity contribution in [1.29, 1.82) is 0 Å². The van der Waals surface area contributed by atoms with E-state index in [1.54, 1.807) is 12.1 Å². The van der Waals surface area contributed by atoms with Gasteiger partial charge in [-0.1, -0.05) is 12.1 Å². The molecule has 0 radical (unpaired) electrons. The number of aromatic amines is 1. The third-order valence-corrected chi connectivity index (χ3v) is 5.98. The predicted molar refractivity (Wildman–Crippen MR) is 120 cm³/mol. The molecule has 1 aliphatic carbocycles. The standard InChI is InChI=1S/C25H21F3N4O3/c1-31(12-15-13-32(34)21(10-26)20-11-29-30-23(15)20)25(33)19-8-7-18(14-3-2-4-16(27)9-14)24(22(19)28)35-17-5-6-17/h2-4,7-9,11,13,17,34H,5-6,10,12H2,1H3/p+1. The number of alkyl halides is 1. The zero-order valence-electron chi connectivity index (χ0n) is 18.8. The zero-order chi connectivity index (χ0) is 24.7. The summed E-state index contributed by atoms with van der Waals surface area (Å²) in [7, 11) is 1.48. The topological polar surface area (TPSA) is 82.3 Å². The number of nitrogens with one attached hydrogen (secondary N) is 1. The highest BCUT2D eigenvalue weighted by Crippen LogP contribution is 2.38. The van der Waals surface area contributed by atoms with Gasteiger partial charge in [0.05, 0.1) is 40.9 Å². The quantitative estimate of drug-likeness (QED) is 0.303. The molecule has 180 valence electrons. The molecule has 2 heterocycles. The lowest BCUT2D eigenvalue weighted by Crippen LogP contribution is -2.36. The number of fused-ring (bicyclic) bond motifs is 1. The van der Waals surface area contributed by atoms with Crippen molar-refractivity contribution in [2.75, 3.05) is 7.05 Å². The van der Waals surface area contributed by atoms with Crippen molar-refractivity contribution in [2.24, 2.45) is 0 Å². The molecular weight excluding hydrogens is 461 g/mol. The lowest BCUT2D eigenvalue weighted by Gasteiger charge is -2.20. The SMILES string of the molecule is CN(Cc1c[n+](O)c(CF)c2cn[nH]c12)C(=O)c1ccc(-c2cccc(F)c2)c(OC2CC2)c1F. The minimum atomic E-state index is -0.909. The van der Waals surface area contributed by atoms with Crippen molar-refractivity contribution in [3.8, 4) is 16.9 Å². The van der Waals surface area contributed by atoms with Crippen LogP contribution in [0.4, 0.5) is 13.2 Å². The molecule has 2 aromatic carbocycles. The summed E-state index contributed by atoms with van der Waals surface area (Å²) < 4.78 is 49.2. The Morgan fingerprint density at radius 2 is 2.09 bits per heavy atom. The molecule has 2 aromatic heterocycles. The largest absolute Gasteiger partial charge is 0.487 e. The number of nitrogens with zero attached hydrogens (tertiary/aromatic N) is 3. The molecule has 0 saturated heterocycles. The van der Waals surface area contributed by atoms with Crippen LogP contribution < -0.4 is 9.47 Å². The Kier molecular flexibility index (Phi) is 5.80. The molecule has 1 fully saturated rings. The van der Waals surface area contributed by atoms with Crippen LogP contribution in [0.2, 0.25) is 0 Å². The van der Waals surface area contributed by atoms with Gasteiger partial charge in [-0.25, -0.2) is 13.2 Å². The van der Waals surface area contributed by atoms with Crippen LogP contribution in [-0.4, -0.2) is 39.4 Å². The first-order valence-corrected chi connectivity index (χ1v) is 11.0. The number of halogens is 3. The van der Waals surface area contributed by atoms with E-state index in [1.807, 2.05) is 0 Å². The van der Waals surface area contributed by atoms with Crippen LogP contribution in [-0.2, 0) is 13.2 Å². The average molecular weight is 483 g/mol. The van der Waals surface area contributed by atoms with Crippen LogP contribution in [0.25, 0.3) is 22.0 Å². The van der Waals surface area contributed by atoms with Gasteiger partial charge in [-0.05, 0) is 42.7 Å². The Morgan fingerprint density at radius 1 is 1.29 bits per heavy atom. The second-order valence-electron chi connectivity index (χ2n) is 8.53. The maximum atomic E-state index is 15.7. The number of ether oxygens (including phenoxy) is 1. The number of amides is 1. The zero-order valence-corrected chi connectivity index (χ0v) is 18.8. The number of benzene rings is 2. The van der Waals surface area contributed by atoms with Crippen LogP contribution in [0.3, 0.4) is 0 Å². The summed E-state index contributed by atoms with van der Waals surface area (Å²) in [4.78, 5) is 14.5. The van der Waals surface area contributed by atoms with E-state index in [-0.39, 0.29) is 29.7 Å². The van der Waals surface area contributed by atoms with E-state index in [0.717, 1.165) is 12.8 Å². The fourth-order valence-electron chi connectivity index (χ4n) is 4.02. The number of aromatic nitrogens is 3. The number of hydrogen-bond acceptors (Lipinski definition) is 4. The molecular formula is C25H22F3N4O3+. The van der Waals surface area contributed by atoms with Crippen LogP contribution >= 0.6 is 0 Å². The fourth-order valence-corrected chi connectivity index (χ4v) is 4.02. The predicted octanol–water partition coefficient (Wildman–Crippen LogP) is 4.32. The van der Waals surface area contributed by atoms with Crippen LogP contribution in [0, 0.1) is 11.6 Å². The molecule has 0 unspecified atom stereocenters. The van der Waals surface area contributed by atoms with Gasteiger partial charge in [0.2, 0.25) is 6.20 Å². The number of hydrogen-bond donors (Lipinski definition) is 2. The fraction of sp³-hybridized carbons (Fsp3) is 0.240. The van der Waals surface area contributed by atoms with Crippen molar-refractivity contribution in [3.05, 3.63) is 77.2 Å². The highest BCUT2D eigenvalue weighted by Gasteiger charge is 2.30. The summed E-state index contributed by atoms with van der Waals surface area (Å²) in [6.45, 7) is -0.928. The molecule has 0 aliphatic heterocycles. The maximum Gasteiger partial charge on any atom is 0.275 e. The van der Waals surface area contributed by atoms with Gasteiger partial charge in [0.25, 0.3) is 11.6 Å². The molecule has 35 heavy (non-hydrogen) atoms. The normalized spacial score (nSPS) is 13.3. The first-order chi connectivity index (χ1) is 16.9. The number of pyridine rings is 1. The second-order valence-corrected chi connectivity index (χ2v) is 8.53. The molecule has 5 rings (SSSR count). The van der Waals surface area contributed by atoms with Crippen molar-refractivity contribution in [1.82, 2.24) is 15.1 Å². The molecule has 1 saturated carbocycles. The molecule has 1 amide bonds. The number of carbonyl (C=O) groups is 1. The summed E-state index contributed by atoms with van der Waals surface area (Å²) in [5.74, 6) is -2.01. The van der Waals surface area contributed by atoms with Gasteiger partial charge in [0.15, 0.2) is 18.2 Å². The van der Waals surface area contributed by atoms with Crippen LogP contribution in [0.1, 0.15) is 34.5 Å². The molecule has 10 heteroatoms. The Balaban J connectivity index is 1.49. The Bertz CT molecular complexity index is 1440. The monoisotopic (exact) mass is 483 g/mol. The van der Waals surface area contributed by atoms with Crippen molar-refractivity contribution in [3.63, 3.8) is 0 Å². The molecule has 1 aliphatic rings. The van der Waals surface area contributed by atoms with E-state index in [1.165, 1.54) is 48.6 Å². The molecule has 4 aromatic rings. The molecule has 0 spiro atoms. The minimum absolute atomic E-state index is 0.0193. The van der Waals surface area contributed by atoms with E-state index in [0.29, 0.717) is 32.3 Å². The first-order valence-electron chi connectivity index (χ1n) is 11.0. The lowest BCUT2D eigenvalue weighted by molar-refractivity contribution is -0.909. The van der Waals surface area contributed by atoms with Crippen LogP contribution in [0.15, 0.2) is 48.8 Å². The van der Waals surface area contributed by atoms with Crippen LogP contribution in [0.5, 0.6) is 5.75 Å². The van der Waals surface area contributed by atoms with Gasteiger partial charge < -0.3 is 9.64 Å².